The van der Waals surface area contributed by atoms with Crippen molar-refractivity contribution in [1.29, 1.82) is 0 Å². The first-order valence-corrected chi connectivity index (χ1v) is 11.4. The largest absolute Gasteiger partial charge is 0.389 e. The second-order valence-electron chi connectivity index (χ2n) is 8.29. The van der Waals surface area contributed by atoms with Gasteiger partial charge in [-0.25, -0.2) is 4.98 Å². The number of carbonyl (C=O) groups excluding carboxylic acids is 2. The maximum atomic E-state index is 13.1. The van der Waals surface area contributed by atoms with E-state index in [1.54, 1.807) is 17.0 Å². The topological polar surface area (TPSA) is 114 Å². The highest BCUT2D eigenvalue weighted by Gasteiger charge is 2.40. The summed E-state index contributed by atoms with van der Waals surface area (Å²) >= 11 is 5.89. The van der Waals surface area contributed by atoms with E-state index in [1.807, 2.05) is 12.1 Å². The molecule has 2 N–H and O–H groups in total. The van der Waals surface area contributed by atoms with E-state index >= 15 is 0 Å². The van der Waals surface area contributed by atoms with Crippen molar-refractivity contribution < 1.29 is 24.2 Å². The number of fused-ring (bicyclic) bond motifs is 1. The summed E-state index contributed by atoms with van der Waals surface area (Å²) in [6.45, 7) is 0.861. The summed E-state index contributed by atoms with van der Waals surface area (Å²) in [5.41, 5.74) is 1.18. The van der Waals surface area contributed by atoms with Gasteiger partial charge in [-0.2, -0.15) is 0 Å². The second-order valence-corrected chi connectivity index (χ2v) is 8.72. The number of amides is 2. The van der Waals surface area contributed by atoms with Gasteiger partial charge in [0.1, 0.15) is 11.8 Å². The van der Waals surface area contributed by atoms with Crippen molar-refractivity contribution in [2.75, 3.05) is 19.8 Å². The van der Waals surface area contributed by atoms with Crippen molar-refractivity contribution in [3.63, 3.8) is 0 Å². The third-order valence-electron chi connectivity index (χ3n) is 5.84. The SMILES string of the molecule is O=C(C[C@@H]1CC[C@H]2[C@@H](COC[C@H](O)CN2C(=O)c2cnccn2)O1)NCc1ccc(Cl)cc1. The molecule has 33 heavy (non-hydrogen) atoms. The highest BCUT2D eigenvalue weighted by Crippen LogP contribution is 2.28. The average molecular weight is 475 g/mol. The molecule has 2 fully saturated rings. The Balaban J connectivity index is 1.37. The summed E-state index contributed by atoms with van der Waals surface area (Å²) in [4.78, 5) is 35.3. The highest BCUT2D eigenvalue weighted by molar-refractivity contribution is 6.30. The van der Waals surface area contributed by atoms with Crippen LogP contribution < -0.4 is 5.32 Å². The Bertz CT molecular complexity index is 946. The maximum absolute atomic E-state index is 13.1. The highest BCUT2D eigenvalue weighted by atomic mass is 35.5. The van der Waals surface area contributed by atoms with Crippen molar-refractivity contribution >= 4 is 23.4 Å². The van der Waals surface area contributed by atoms with Crippen LogP contribution in [0.3, 0.4) is 0 Å². The van der Waals surface area contributed by atoms with Crippen LogP contribution in [0.25, 0.3) is 0 Å². The molecular weight excluding hydrogens is 448 g/mol. The molecule has 2 saturated heterocycles. The van der Waals surface area contributed by atoms with Gasteiger partial charge in [-0.05, 0) is 30.5 Å². The van der Waals surface area contributed by atoms with E-state index < -0.39 is 12.2 Å². The molecule has 1 aromatic heterocycles. The van der Waals surface area contributed by atoms with Crippen molar-refractivity contribution in [3.8, 4) is 0 Å². The van der Waals surface area contributed by atoms with Crippen LogP contribution in [0.15, 0.2) is 42.9 Å². The monoisotopic (exact) mass is 474 g/mol. The van der Waals surface area contributed by atoms with Crippen LogP contribution in [0.5, 0.6) is 0 Å². The molecule has 3 heterocycles. The van der Waals surface area contributed by atoms with Gasteiger partial charge in [0.2, 0.25) is 5.91 Å². The van der Waals surface area contributed by atoms with Gasteiger partial charge < -0.3 is 24.8 Å². The summed E-state index contributed by atoms with van der Waals surface area (Å²) in [6.07, 6.45) is 4.35. The molecule has 2 amide bonds. The third kappa shape index (κ3) is 6.26. The van der Waals surface area contributed by atoms with Gasteiger partial charge in [-0.15, -0.1) is 0 Å². The number of hydrogen-bond donors (Lipinski definition) is 2. The molecule has 1 aromatic carbocycles. The number of aliphatic hydroxyl groups excluding tert-OH is 1. The zero-order valence-corrected chi connectivity index (χ0v) is 18.9. The lowest BCUT2D eigenvalue weighted by atomic mass is 9.94. The molecule has 2 aliphatic heterocycles. The first-order valence-electron chi connectivity index (χ1n) is 11.0. The Morgan fingerprint density at radius 1 is 1.18 bits per heavy atom. The van der Waals surface area contributed by atoms with E-state index in [4.69, 9.17) is 21.1 Å². The predicted octanol–water partition coefficient (Wildman–Crippen LogP) is 1.59. The maximum Gasteiger partial charge on any atom is 0.274 e. The number of aromatic nitrogens is 2. The fraction of sp³-hybridized carbons (Fsp3) is 0.478. The van der Waals surface area contributed by atoms with E-state index in [1.165, 1.54) is 18.6 Å². The zero-order valence-electron chi connectivity index (χ0n) is 18.1. The number of rotatable bonds is 5. The molecule has 2 aliphatic rings. The molecule has 176 valence electrons. The van der Waals surface area contributed by atoms with Gasteiger partial charge in [0.15, 0.2) is 0 Å². The number of hydrogen-bond acceptors (Lipinski definition) is 7. The van der Waals surface area contributed by atoms with Crippen LogP contribution in [0.2, 0.25) is 5.02 Å². The van der Waals surface area contributed by atoms with Crippen LogP contribution in [-0.4, -0.2) is 75.9 Å². The normalized spacial score (nSPS) is 25.5. The fourth-order valence-corrected chi connectivity index (χ4v) is 4.34. The number of aliphatic hydroxyl groups is 1. The molecule has 10 heteroatoms. The summed E-state index contributed by atoms with van der Waals surface area (Å²) in [5.74, 6) is -0.412. The minimum absolute atomic E-state index is 0.100. The summed E-state index contributed by atoms with van der Waals surface area (Å²) < 4.78 is 11.8. The van der Waals surface area contributed by atoms with E-state index in [0.717, 1.165) is 5.56 Å². The second kappa shape index (κ2) is 11.0. The summed E-state index contributed by atoms with van der Waals surface area (Å²) in [7, 11) is 0. The number of carbonyl (C=O) groups is 2. The number of halogens is 1. The van der Waals surface area contributed by atoms with Crippen LogP contribution in [0.1, 0.15) is 35.3 Å². The minimum Gasteiger partial charge on any atom is -0.389 e. The zero-order chi connectivity index (χ0) is 23.2. The van der Waals surface area contributed by atoms with Gasteiger partial charge >= 0.3 is 0 Å². The smallest absolute Gasteiger partial charge is 0.274 e. The Labute approximate surface area is 197 Å². The van der Waals surface area contributed by atoms with E-state index in [2.05, 4.69) is 15.3 Å². The van der Waals surface area contributed by atoms with Crippen LogP contribution in [-0.2, 0) is 20.8 Å². The number of nitrogens with one attached hydrogen (secondary N) is 1. The third-order valence-corrected chi connectivity index (χ3v) is 6.09. The van der Waals surface area contributed by atoms with E-state index in [9.17, 15) is 14.7 Å². The van der Waals surface area contributed by atoms with Crippen molar-refractivity contribution in [1.82, 2.24) is 20.2 Å². The van der Waals surface area contributed by atoms with Crippen LogP contribution >= 0.6 is 11.6 Å². The molecule has 0 radical (unpaired) electrons. The summed E-state index contributed by atoms with van der Waals surface area (Å²) in [6, 6.07) is 7.02. The first-order chi connectivity index (χ1) is 16.0. The van der Waals surface area contributed by atoms with Gasteiger partial charge in [0.25, 0.3) is 5.91 Å². The Hall–Kier alpha value is -2.59. The predicted molar refractivity (Wildman–Crippen MR) is 119 cm³/mol. The molecule has 2 aromatic rings. The first kappa shape index (κ1) is 23.6. The molecule has 4 rings (SSSR count). The van der Waals surface area contributed by atoms with Crippen molar-refractivity contribution in [2.24, 2.45) is 0 Å². The van der Waals surface area contributed by atoms with Gasteiger partial charge in [-0.1, -0.05) is 23.7 Å². The molecule has 0 spiro atoms. The molecule has 0 unspecified atom stereocenters. The van der Waals surface area contributed by atoms with Gasteiger partial charge in [0, 0.05) is 30.5 Å². The fourth-order valence-electron chi connectivity index (χ4n) is 4.21. The number of nitrogens with zero attached hydrogens (tertiary/aromatic N) is 3. The lowest BCUT2D eigenvalue weighted by molar-refractivity contribution is -0.151. The van der Waals surface area contributed by atoms with Gasteiger partial charge in [0.05, 0.1) is 44.1 Å². The van der Waals surface area contributed by atoms with Crippen molar-refractivity contribution in [3.05, 3.63) is 59.1 Å². The molecule has 4 atom stereocenters. The van der Waals surface area contributed by atoms with E-state index in [-0.39, 0.29) is 55.8 Å². The van der Waals surface area contributed by atoms with Gasteiger partial charge in [-0.3, -0.25) is 14.6 Å². The lowest BCUT2D eigenvalue weighted by Crippen LogP contribution is -2.57. The molecular formula is C23H27ClN4O5. The standard InChI is InChI=1S/C23H27ClN4O5/c24-16-3-1-15(2-4-16)10-27-22(30)9-18-5-6-20-21(33-18)14-32-13-17(29)12-28(20)23(31)19-11-25-7-8-26-19/h1-4,7-8,11,17-18,20-21,29H,5-6,9-10,12-14H2,(H,27,30)/t17-,18+,20+,21-/m1/s1. The molecule has 0 bridgehead atoms. The number of β-amino-alcohol motifs (C(OH)–C–C–N with tert-alkyl or cyclic N) is 1. The van der Waals surface area contributed by atoms with Crippen molar-refractivity contribution in [2.45, 2.75) is 50.2 Å². The lowest BCUT2D eigenvalue weighted by Gasteiger charge is -2.44. The number of ether oxygens (including phenoxy) is 2. The molecule has 9 nitrogen and oxygen atoms in total. The Morgan fingerprint density at radius 3 is 2.76 bits per heavy atom. The molecule has 0 saturated carbocycles. The minimum atomic E-state index is -0.803. The quantitative estimate of drug-likeness (QED) is 0.676. The number of benzene rings is 1. The average Bonchev–Trinajstić information content (AvgIpc) is 2.82. The van der Waals surface area contributed by atoms with E-state index in [0.29, 0.717) is 24.4 Å². The Morgan fingerprint density at radius 2 is 2.00 bits per heavy atom. The molecule has 0 aliphatic carbocycles. The summed E-state index contributed by atoms with van der Waals surface area (Å²) in [5, 5.41) is 13.8. The Kier molecular flexibility index (Phi) is 7.87. The van der Waals surface area contributed by atoms with Crippen LogP contribution in [0.4, 0.5) is 0 Å². The van der Waals surface area contributed by atoms with Crippen LogP contribution in [0, 0.1) is 0 Å².